The van der Waals surface area contributed by atoms with Gasteiger partial charge < -0.3 is 0 Å². The molecule has 18 heavy (non-hydrogen) atoms. The Labute approximate surface area is 104 Å². The third-order valence-electron chi connectivity index (χ3n) is 2.34. The molecule has 96 valence electrons. The van der Waals surface area contributed by atoms with E-state index in [2.05, 4.69) is 5.10 Å². The van der Waals surface area contributed by atoms with E-state index < -0.39 is 17.4 Å². The monoisotopic (exact) mass is 277 g/mol. The lowest BCUT2D eigenvalue weighted by Crippen LogP contribution is -2.21. The van der Waals surface area contributed by atoms with E-state index in [-0.39, 0.29) is 11.0 Å². The smallest absolute Gasteiger partial charge is 0.246 e. The van der Waals surface area contributed by atoms with Crippen LogP contribution < -0.4 is 5.69 Å². The summed E-state index contributed by atoms with van der Waals surface area (Å²) in [5, 5.41) is 3.56. The maximum absolute atomic E-state index is 12.4. The lowest BCUT2D eigenvalue weighted by molar-refractivity contribution is -0.137. The molecule has 1 heterocycles. The summed E-state index contributed by atoms with van der Waals surface area (Å²) >= 11 is 5.72. The first-order chi connectivity index (χ1) is 8.30. The van der Waals surface area contributed by atoms with Gasteiger partial charge in [-0.25, -0.2) is 14.0 Å². The largest absolute Gasteiger partial charge is 0.416 e. The second kappa shape index (κ2) is 4.16. The van der Waals surface area contributed by atoms with Crippen LogP contribution in [-0.4, -0.2) is 14.3 Å². The minimum atomic E-state index is -4.41. The molecule has 0 bridgehead atoms. The van der Waals surface area contributed by atoms with Crippen molar-refractivity contribution in [3.63, 3.8) is 0 Å². The summed E-state index contributed by atoms with van der Waals surface area (Å²) in [5.41, 5.74) is -1.09. The van der Waals surface area contributed by atoms with Gasteiger partial charge in [0.1, 0.15) is 0 Å². The second-order valence-electron chi connectivity index (χ2n) is 3.56. The molecular formula is C10H7ClF3N3O. The SMILES string of the molecule is Cn1nc(Cl)n(-c2ccc(C(F)(F)F)cc2)c1=O. The standard InChI is InChI=1S/C10H7ClF3N3O/c1-16-9(18)17(8(11)15-16)7-4-2-6(3-5-7)10(12,13)14/h2-5H,1H3. The molecule has 0 amide bonds. The van der Waals surface area contributed by atoms with E-state index in [1.54, 1.807) is 0 Å². The van der Waals surface area contributed by atoms with E-state index in [4.69, 9.17) is 11.6 Å². The quantitative estimate of drug-likeness (QED) is 0.802. The van der Waals surface area contributed by atoms with E-state index in [1.165, 1.54) is 7.05 Å². The molecule has 0 unspecified atom stereocenters. The lowest BCUT2D eigenvalue weighted by Gasteiger charge is -2.07. The van der Waals surface area contributed by atoms with E-state index in [1.807, 2.05) is 0 Å². The molecule has 0 N–H and O–H groups in total. The number of hydrogen-bond acceptors (Lipinski definition) is 2. The van der Waals surface area contributed by atoms with Gasteiger partial charge in [0, 0.05) is 7.05 Å². The van der Waals surface area contributed by atoms with Crippen molar-refractivity contribution in [1.29, 1.82) is 0 Å². The van der Waals surface area contributed by atoms with Crippen molar-refractivity contribution in [2.24, 2.45) is 7.05 Å². The molecule has 1 aromatic carbocycles. The number of nitrogens with zero attached hydrogens (tertiary/aromatic N) is 3. The van der Waals surface area contributed by atoms with Gasteiger partial charge in [-0.1, -0.05) is 0 Å². The molecule has 0 saturated carbocycles. The predicted molar refractivity (Wildman–Crippen MR) is 58.8 cm³/mol. The summed E-state index contributed by atoms with van der Waals surface area (Å²) in [6.45, 7) is 0. The molecule has 0 spiro atoms. The van der Waals surface area contributed by atoms with Gasteiger partial charge in [0.25, 0.3) is 0 Å². The van der Waals surface area contributed by atoms with Gasteiger partial charge in [-0.3, -0.25) is 0 Å². The lowest BCUT2D eigenvalue weighted by atomic mass is 10.2. The maximum atomic E-state index is 12.4. The first-order valence-electron chi connectivity index (χ1n) is 4.80. The first kappa shape index (κ1) is 12.7. The van der Waals surface area contributed by atoms with E-state index in [9.17, 15) is 18.0 Å². The van der Waals surface area contributed by atoms with Crippen LogP contribution in [0.1, 0.15) is 5.56 Å². The summed E-state index contributed by atoms with van der Waals surface area (Å²) in [6.07, 6.45) is -4.41. The van der Waals surface area contributed by atoms with Crippen molar-refractivity contribution in [2.75, 3.05) is 0 Å². The van der Waals surface area contributed by atoms with Crippen molar-refractivity contribution in [2.45, 2.75) is 6.18 Å². The minimum absolute atomic E-state index is 0.109. The van der Waals surface area contributed by atoms with Crippen LogP contribution >= 0.6 is 11.6 Å². The highest BCUT2D eigenvalue weighted by atomic mass is 35.5. The fraction of sp³-hybridized carbons (Fsp3) is 0.200. The molecular weight excluding hydrogens is 271 g/mol. The molecule has 0 atom stereocenters. The number of aromatic nitrogens is 3. The summed E-state index contributed by atoms with van der Waals surface area (Å²) in [6, 6.07) is 4.09. The molecule has 2 aromatic rings. The molecule has 4 nitrogen and oxygen atoms in total. The number of aryl methyl sites for hydroxylation is 1. The second-order valence-corrected chi connectivity index (χ2v) is 3.89. The molecule has 0 aliphatic heterocycles. The third kappa shape index (κ3) is 2.13. The fourth-order valence-electron chi connectivity index (χ4n) is 1.45. The van der Waals surface area contributed by atoms with E-state index in [0.29, 0.717) is 0 Å². The minimum Gasteiger partial charge on any atom is -0.246 e. The van der Waals surface area contributed by atoms with Gasteiger partial charge in [-0.15, -0.1) is 5.10 Å². The number of halogens is 4. The molecule has 2 rings (SSSR count). The topological polar surface area (TPSA) is 39.8 Å². The summed E-state index contributed by atoms with van der Waals surface area (Å²) < 4.78 is 39.1. The summed E-state index contributed by atoms with van der Waals surface area (Å²) in [4.78, 5) is 11.6. The van der Waals surface area contributed by atoms with Gasteiger partial charge in [-0.05, 0) is 35.9 Å². The Morgan fingerprint density at radius 3 is 2.17 bits per heavy atom. The van der Waals surface area contributed by atoms with Crippen LogP contribution in [-0.2, 0) is 13.2 Å². The van der Waals surface area contributed by atoms with E-state index >= 15 is 0 Å². The average molecular weight is 278 g/mol. The Morgan fingerprint density at radius 2 is 1.78 bits per heavy atom. The zero-order valence-corrected chi connectivity index (χ0v) is 9.83. The summed E-state index contributed by atoms with van der Waals surface area (Å²) in [7, 11) is 1.40. The van der Waals surface area contributed by atoms with Gasteiger partial charge in [-0.2, -0.15) is 13.2 Å². The van der Waals surface area contributed by atoms with Crippen LogP contribution in [0.15, 0.2) is 29.1 Å². The highest BCUT2D eigenvalue weighted by molar-refractivity contribution is 6.28. The highest BCUT2D eigenvalue weighted by Gasteiger charge is 2.30. The van der Waals surface area contributed by atoms with Crippen LogP contribution in [0.5, 0.6) is 0 Å². The number of rotatable bonds is 1. The van der Waals surface area contributed by atoms with Gasteiger partial charge in [0.05, 0.1) is 11.3 Å². The van der Waals surface area contributed by atoms with Gasteiger partial charge in [0.15, 0.2) is 0 Å². The molecule has 0 radical (unpaired) electrons. The first-order valence-corrected chi connectivity index (χ1v) is 5.17. The van der Waals surface area contributed by atoms with Crippen LogP contribution in [0.3, 0.4) is 0 Å². The zero-order chi connectivity index (χ0) is 13.5. The van der Waals surface area contributed by atoms with Crippen LogP contribution in [0.25, 0.3) is 5.69 Å². The third-order valence-corrected chi connectivity index (χ3v) is 2.58. The molecule has 0 aliphatic rings. The van der Waals surface area contributed by atoms with Crippen molar-refractivity contribution in [3.8, 4) is 5.69 Å². The van der Waals surface area contributed by atoms with E-state index in [0.717, 1.165) is 33.5 Å². The Morgan fingerprint density at radius 1 is 1.22 bits per heavy atom. The number of alkyl halides is 3. The normalized spacial score (nSPS) is 11.8. The van der Waals surface area contributed by atoms with Crippen molar-refractivity contribution in [1.82, 2.24) is 14.3 Å². The van der Waals surface area contributed by atoms with Crippen LogP contribution in [0, 0.1) is 0 Å². The predicted octanol–water partition coefficient (Wildman–Crippen LogP) is 2.24. The summed E-state index contributed by atoms with van der Waals surface area (Å²) in [5.74, 6) is 0. The highest BCUT2D eigenvalue weighted by Crippen LogP contribution is 2.29. The van der Waals surface area contributed by atoms with Crippen LogP contribution in [0.2, 0.25) is 5.28 Å². The molecule has 1 aromatic heterocycles. The Hall–Kier alpha value is -1.76. The molecule has 0 aliphatic carbocycles. The van der Waals surface area contributed by atoms with Crippen molar-refractivity contribution in [3.05, 3.63) is 45.6 Å². The molecule has 8 heteroatoms. The Balaban J connectivity index is 2.50. The molecule has 0 saturated heterocycles. The maximum Gasteiger partial charge on any atom is 0.416 e. The van der Waals surface area contributed by atoms with Crippen molar-refractivity contribution >= 4 is 11.6 Å². The van der Waals surface area contributed by atoms with Crippen LogP contribution in [0.4, 0.5) is 13.2 Å². The number of hydrogen-bond donors (Lipinski definition) is 0. The zero-order valence-electron chi connectivity index (χ0n) is 9.07. The van der Waals surface area contributed by atoms with Gasteiger partial charge >= 0.3 is 11.9 Å². The van der Waals surface area contributed by atoms with Crippen molar-refractivity contribution < 1.29 is 13.2 Å². The average Bonchev–Trinajstić information content (AvgIpc) is 2.52. The Kier molecular flexibility index (Phi) is 2.94. The Bertz CT molecular complexity index is 627. The number of benzene rings is 1. The van der Waals surface area contributed by atoms with Gasteiger partial charge in [0.2, 0.25) is 5.28 Å². The molecule has 0 fully saturated rings. The fourth-order valence-corrected chi connectivity index (χ4v) is 1.73.